The minimum Gasteiger partial charge on any atom is -0.342 e. The molecule has 2 atom stereocenters. The van der Waals surface area contributed by atoms with E-state index in [9.17, 15) is 9.59 Å². The first kappa shape index (κ1) is 15.7. The molecule has 0 aromatic heterocycles. The number of amides is 2. The molecule has 0 aromatic carbocycles. The van der Waals surface area contributed by atoms with Crippen LogP contribution in [0.5, 0.6) is 0 Å². The van der Waals surface area contributed by atoms with Crippen molar-refractivity contribution < 1.29 is 9.59 Å². The van der Waals surface area contributed by atoms with Gasteiger partial charge in [-0.15, -0.1) is 0 Å². The smallest absolute Gasteiger partial charge is 0.248 e. The zero-order valence-corrected chi connectivity index (χ0v) is 13.6. The molecule has 5 heteroatoms. The molecule has 1 heterocycles. The second-order valence-corrected chi connectivity index (χ2v) is 7.50. The molecule has 1 aliphatic carbocycles. The van der Waals surface area contributed by atoms with Gasteiger partial charge in [-0.1, -0.05) is 6.92 Å². The Labute approximate surface area is 126 Å². The van der Waals surface area contributed by atoms with Crippen LogP contribution < -0.4 is 5.32 Å². The number of nitrogens with one attached hydrogen (secondary N) is 1. The zero-order valence-electron chi connectivity index (χ0n) is 12.8. The Balaban J connectivity index is 2.07. The first-order valence-electron chi connectivity index (χ1n) is 7.69. The number of hydrogen-bond acceptors (Lipinski definition) is 3. The fourth-order valence-electron chi connectivity index (χ4n) is 2.94. The van der Waals surface area contributed by atoms with Crippen molar-refractivity contribution in [1.29, 1.82) is 0 Å². The molecule has 1 saturated heterocycles. The standard InChI is InChI=1S/C15H26N2O2S/c1-4-20-10-8-11(2)17-9-7-13(18)16-15(3,14(17)19)12-5-6-12/h11-12H,4-10H2,1-3H3,(H,16,18). The summed E-state index contributed by atoms with van der Waals surface area (Å²) in [5.41, 5.74) is -0.667. The van der Waals surface area contributed by atoms with Crippen LogP contribution in [0.2, 0.25) is 0 Å². The molecule has 1 N–H and O–H groups in total. The Morgan fingerprint density at radius 2 is 2.15 bits per heavy atom. The van der Waals surface area contributed by atoms with Gasteiger partial charge in [0.25, 0.3) is 0 Å². The van der Waals surface area contributed by atoms with Crippen molar-refractivity contribution in [2.45, 2.75) is 58.0 Å². The maximum absolute atomic E-state index is 12.9. The number of nitrogens with zero attached hydrogens (tertiary/aromatic N) is 1. The Morgan fingerprint density at radius 3 is 2.75 bits per heavy atom. The van der Waals surface area contributed by atoms with Gasteiger partial charge < -0.3 is 10.2 Å². The Bertz CT molecular complexity index is 384. The van der Waals surface area contributed by atoms with E-state index in [4.69, 9.17) is 0 Å². The average molecular weight is 298 g/mol. The molecule has 114 valence electrons. The maximum atomic E-state index is 12.9. The fourth-order valence-corrected chi connectivity index (χ4v) is 3.74. The molecule has 4 nitrogen and oxygen atoms in total. The number of hydrogen-bond donors (Lipinski definition) is 1. The summed E-state index contributed by atoms with van der Waals surface area (Å²) in [6, 6.07) is 0.215. The molecule has 0 aromatic rings. The zero-order chi connectivity index (χ0) is 14.8. The molecule has 2 unspecified atom stereocenters. The lowest BCUT2D eigenvalue weighted by atomic mass is 9.93. The van der Waals surface area contributed by atoms with Gasteiger partial charge in [-0.2, -0.15) is 11.8 Å². The fraction of sp³-hybridized carbons (Fsp3) is 0.867. The van der Waals surface area contributed by atoms with Crippen molar-refractivity contribution in [3.63, 3.8) is 0 Å². The van der Waals surface area contributed by atoms with Gasteiger partial charge in [0.1, 0.15) is 5.54 Å². The number of carbonyl (C=O) groups excluding carboxylic acids is 2. The molecule has 0 spiro atoms. The van der Waals surface area contributed by atoms with Crippen molar-refractivity contribution in [1.82, 2.24) is 10.2 Å². The SMILES string of the molecule is CCSCCC(C)N1CCC(=O)NC(C)(C2CC2)C1=O. The van der Waals surface area contributed by atoms with E-state index < -0.39 is 5.54 Å². The normalized spacial score (nSPS) is 29.1. The Hall–Kier alpha value is -0.710. The summed E-state index contributed by atoms with van der Waals surface area (Å²) in [5, 5.41) is 2.98. The van der Waals surface area contributed by atoms with Gasteiger partial charge in [0.15, 0.2) is 0 Å². The second-order valence-electron chi connectivity index (χ2n) is 6.11. The summed E-state index contributed by atoms with van der Waals surface area (Å²) in [4.78, 5) is 26.7. The number of thioether (sulfide) groups is 1. The highest BCUT2D eigenvalue weighted by atomic mass is 32.2. The highest BCUT2D eigenvalue weighted by Gasteiger charge is 2.51. The van der Waals surface area contributed by atoms with Gasteiger partial charge in [0.05, 0.1) is 0 Å². The first-order chi connectivity index (χ1) is 9.49. The van der Waals surface area contributed by atoms with E-state index >= 15 is 0 Å². The van der Waals surface area contributed by atoms with Gasteiger partial charge in [-0.25, -0.2) is 0 Å². The Kier molecular flexibility index (Phi) is 4.99. The van der Waals surface area contributed by atoms with E-state index in [0.29, 0.717) is 18.9 Å². The third kappa shape index (κ3) is 3.30. The molecule has 2 fully saturated rings. The van der Waals surface area contributed by atoms with Gasteiger partial charge in [-0.3, -0.25) is 9.59 Å². The summed E-state index contributed by atoms with van der Waals surface area (Å²) in [6.07, 6.45) is 3.53. The minimum absolute atomic E-state index is 0.0189. The average Bonchev–Trinajstić information content (AvgIpc) is 3.22. The first-order valence-corrected chi connectivity index (χ1v) is 8.84. The maximum Gasteiger partial charge on any atom is 0.248 e. The van der Waals surface area contributed by atoms with Gasteiger partial charge in [0, 0.05) is 19.0 Å². The third-order valence-electron chi connectivity index (χ3n) is 4.49. The summed E-state index contributed by atoms with van der Waals surface area (Å²) in [7, 11) is 0. The lowest BCUT2D eigenvalue weighted by Crippen LogP contribution is -2.58. The number of carbonyl (C=O) groups is 2. The summed E-state index contributed by atoms with van der Waals surface area (Å²) < 4.78 is 0. The van der Waals surface area contributed by atoms with Gasteiger partial charge in [0.2, 0.25) is 11.8 Å². The molecule has 2 amide bonds. The van der Waals surface area contributed by atoms with Crippen molar-refractivity contribution in [3.8, 4) is 0 Å². The lowest BCUT2D eigenvalue weighted by Gasteiger charge is -2.35. The monoisotopic (exact) mass is 298 g/mol. The van der Waals surface area contributed by atoms with Gasteiger partial charge in [-0.05, 0) is 50.5 Å². The molecule has 1 aliphatic heterocycles. The van der Waals surface area contributed by atoms with Crippen LogP contribution in [0.4, 0.5) is 0 Å². The van der Waals surface area contributed by atoms with Crippen molar-refractivity contribution in [2.75, 3.05) is 18.1 Å². The quantitative estimate of drug-likeness (QED) is 0.763. The Morgan fingerprint density at radius 1 is 1.45 bits per heavy atom. The van der Waals surface area contributed by atoms with Crippen LogP contribution in [0, 0.1) is 5.92 Å². The van der Waals surface area contributed by atoms with Crippen molar-refractivity contribution >= 4 is 23.6 Å². The molecule has 2 rings (SSSR count). The minimum atomic E-state index is -0.667. The van der Waals surface area contributed by atoms with Crippen LogP contribution >= 0.6 is 11.8 Å². The highest BCUT2D eigenvalue weighted by molar-refractivity contribution is 7.99. The van der Waals surface area contributed by atoms with E-state index in [1.165, 1.54) is 0 Å². The largest absolute Gasteiger partial charge is 0.342 e. The summed E-state index contributed by atoms with van der Waals surface area (Å²) in [6.45, 7) is 6.73. The predicted molar refractivity (Wildman–Crippen MR) is 82.7 cm³/mol. The van der Waals surface area contributed by atoms with Crippen LogP contribution in [-0.4, -0.2) is 46.3 Å². The predicted octanol–water partition coefficient (Wildman–Crippen LogP) is 2.04. The van der Waals surface area contributed by atoms with Crippen molar-refractivity contribution in [3.05, 3.63) is 0 Å². The van der Waals surface area contributed by atoms with Crippen LogP contribution in [0.1, 0.15) is 46.5 Å². The molecule has 1 saturated carbocycles. The summed E-state index contributed by atoms with van der Waals surface area (Å²) in [5.74, 6) is 2.66. The van der Waals surface area contributed by atoms with E-state index in [1.54, 1.807) is 0 Å². The topological polar surface area (TPSA) is 49.4 Å². The number of rotatable bonds is 6. The van der Waals surface area contributed by atoms with Gasteiger partial charge >= 0.3 is 0 Å². The molecule has 0 bridgehead atoms. The molecule has 0 radical (unpaired) electrons. The van der Waals surface area contributed by atoms with Crippen LogP contribution in [-0.2, 0) is 9.59 Å². The molecular formula is C15H26N2O2S. The van der Waals surface area contributed by atoms with Crippen LogP contribution in [0.25, 0.3) is 0 Å². The van der Waals surface area contributed by atoms with Crippen LogP contribution in [0.3, 0.4) is 0 Å². The highest BCUT2D eigenvalue weighted by Crippen LogP contribution is 2.41. The van der Waals surface area contributed by atoms with E-state index in [-0.39, 0.29) is 17.9 Å². The van der Waals surface area contributed by atoms with E-state index in [2.05, 4.69) is 19.2 Å². The van der Waals surface area contributed by atoms with Crippen LogP contribution in [0.15, 0.2) is 0 Å². The van der Waals surface area contributed by atoms with E-state index in [0.717, 1.165) is 30.8 Å². The van der Waals surface area contributed by atoms with Crippen molar-refractivity contribution in [2.24, 2.45) is 5.92 Å². The second kappa shape index (κ2) is 6.37. The van der Waals surface area contributed by atoms with E-state index in [1.807, 2.05) is 23.6 Å². The third-order valence-corrected chi connectivity index (χ3v) is 5.43. The summed E-state index contributed by atoms with van der Waals surface area (Å²) >= 11 is 1.91. The molecule has 2 aliphatic rings. The molecule has 20 heavy (non-hydrogen) atoms. The lowest BCUT2D eigenvalue weighted by molar-refractivity contribution is -0.140. The molecular weight excluding hydrogens is 272 g/mol.